The van der Waals surface area contributed by atoms with Gasteiger partial charge in [0.1, 0.15) is 17.3 Å². The first-order valence-electron chi connectivity index (χ1n) is 12.3. The fraction of sp³-hybridized carbons (Fsp3) is 0.321. The van der Waals surface area contributed by atoms with Crippen LogP contribution in [0, 0.1) is 0 Å². The Balaban J connectivity index is 1.37. The first-order valence-corrected chi connectivity index (χ1v) is 13.1. The number of nitrogens with one attached hydrogen (secondary N) is 2. The zero-order chi connectivity index (χ0) is 23.8. The number of carbonyl (C=O) groups excluding carboxylic acids is 2. The maximum absolute atomic E-state index is 14.1. The number of furan rings is 1. The Hall–Kier alpha value is -3.29. The third-order valence-corrected chi connectivity index (χ3v) is 8.17. The summed E-state index contributed by atoms with van der Waals surface area (Å²) in [6, 6.07) is 16.3. The van der Waals surface area contributed by atoms with Crippen LogP contribution in [-0.2, 0) is 0 Å². The summed E-state index contributed by atoms with van der Waals surface area (Å²) in [4.78, 5) is 33.4. The molecule has 6 nitrogen and oxygen atoms in total. The Morgan fingerprint density at radius 2 is 1.89 bits per heavy atom. The van der Waals surface area contributed by atoms with Crippen LogP contribution < -0.4 is 10.6 Å². The molecule has 0 spiro atoms. The number of benzene rings is 2. The topological polar surface area (TPSA) is 84.2 Å². The molecular formula is C28H27N3O3S. The second kappa shape index (κ2) is 9.40. The lowest BCUT2D eigenvalue weighted by molar-refractivity contribution is 0.0824. The molecule has 0 radical (unpaired) electrons. The van der Waals surface area contributed by atoms with Crippen molar-refractivity contribution in [1.29, 1.82) is 0 Å². The van der Waals surface area contributed by atoms with E-state index in [1.54, 1.807) is 35.8 Å². The van der Waals surface area contributed by atoms with Gasteiger partial charge < -0.3 is 15.1 Å². The van der Waals surface area contributed by atoms with E-state index < -0.39 is 6.04 Å². The van der Waals surface area contributed by atoms with Gasteiger partial charge in [0.2, 0.25) is 5.78 Å². The molecule has 1 saturated carbocycles. The number of Topliss-reactive ketones (excluding diaryl/α,β-unsaturated/α-hetero) is 1. The summed E-state index contributed by atoms with van der Waals surface area (Å²) in [5, 5.41) is 8.33. The molecule has 2 atom stereocenters. The number of thiazole rings is 1. The van der Waals surface area contributed by atoms with E-state index in [1.165, 1.54) is 0 Å². The molecule has 1 saturated heterocycles. The molecule has 3 heterocycles. The van der Waals surface area contributed by atoms with Gasteiger partial charge in [-0.3, -0.25) is 9.59 Å². The van der Waals surface area contributed by atoms with Crippen molar-refractivity contribution < 1.29 is 14.0 Å². The zero-order valence-corrected chi connectivity index (χ0v) is 20.1. The highest BCUT2D eigenvalue weighted by Gasteiger charge is 2.37. The molecule has 1 amide bonds. The number of hydrogen-bond acceptors (Lipinski definition) is 6. The summed E-state index contributed by atoms with van der Waals surface area (Å²) in [5.74, 6) is 0.0457. The highest BCUT2D eigenvalue weighted by Crippen LogP contribution is 2.45. The average Bonchev–Trinajstić information content (AvgIpc) is 3.47. The highest BCUT2D eigenvalue weighted by molar-refractivity contribution is 7.15. The van der Waals surface area contributed by atoms with Gasteiger partial charge in [-0.25, -0.2) is 4.98 Å². The number of fused-ring (bicyclic) bond motifs is 1. The molecular weight excluding hydrogens is 458 g/mol. The third kappa shape index (κ3) is 4.42. The minimum Gasteiger partial charge on any atom is -0.464 e. The first-order chi connectivity index (χ1) is 17.2. The van der Waals surface area contributed by atoms with E-state index in [0.29, 0.717) is 22.8 Å². The average molecular weight is 486 g/mol. The lowest BCUT2D eigenvalue weighted by atomic mass is 9.92. The number of carbonyl (C=O) groups is 2. The predicted molar refractivity (Wildman–Crippen MR) is 137 cm³/mol. The number of ketones is 1. The van der Waals surface area contributed by atoms with E-state index in [-0.39, 0.29) is 17.7 Å². The predicted octanol–water partition coefficient (Wildman–Crippen LogP) is 5.56. The van der Waals surface area contributed by atoms with Crippen LogP contribution in [0.2, 0.25) is 0 Å². The van der Waals surface area contributed by atoms with Crippen molar-refractivity contribution in [2.45, 2.75) is 50.1 Å². The van der Waals surface area contributed by atoms with Crippen molar-refractivity contribution in [3.05, 3.63) is 77.1 Å². The molecule has 1 aliphatic heterocycles. The minimum atomic E-state index is -0.707. The van der Waals surface area contributed by atoms with Crippen molar-refractivity contribution in [3.8, 4) is 10.4 Å². The number of amides is 1. The Kier molecular flexibility index (Phi) is 5.96. The molecule has 2 fully saturated rings. The van der Waals surface area contributed by atoms with Crippen LogP contribution >= 0.6 is 11.3 Å². The Bertz CT molecular complexity index is 1370. The fourth-order valence-corrected chi connectivity index (χ4v) is 6.11. The molecule has 0 bridgehead atoms. The van der Waals surface area contributed by atoms with Crippen LogP contribution in [-0.4, -0.2) is 35.3 Å². The molecule has 2 aromatic heterocycles. The molecule has 1 unspecified atom stereocenters. The maximum atomic E-state index is 14.1. The molecule has 1 aliphatic carbocycles. The lowest BCUT2D eigenvalue weighted by Crippen LogP contribution is -2.55. The van der Waals surface area contributed by atoms with E-state index in [4.69, 9.17) is 9.40 Å². The van der Waals surface area contributed by atoms with Crippen molar-refractivity contribution in [3.63, 3.8) is 0 Å². The molecule has 7 heteroatoms. The number of piperidine rings is 1. The highest BCUT2D eigenvalue weighted by atomic mass is 32.1. The summed E-state index contributed by atoms with van der Waals surface area (Å²) in [5.41, 5.74) is 2.62. The van der Waals surface area contributed by atoms with Crippen LogP contribution in [0.3, 0.4) is 0 Å². The minimum absolute atomic E-state index is 0.126. The maximum Gasteiger partial charge on any atom is 0.252 e. The summed E-state index contributed by atoms with van der Waals surface area (Å²) in [7, 11) is 0. The van der Waals surface area contributed by atoms with Crippen LogP contribution in [0.15, 0.2) is 65.3 Å². The first kappa shape index (κ1) is 22.2. The van der Waals surface area contributed by atoms with Gasteiger partial charge in [0.15, 0.2) is 0 Å². The molecule has 6 rings (SSSR count). The van der Waals surface area contributed by atoms with Crippen LogP contribution in [0.1, 0.15) is 63.9 Å². The number of rotatable bonds is 7. The third-order valence-electron chi connectivity index (χ3n) is 6.90. The van der Waals surface area contributed by atoms with Crippen molar-refractivity contribution in [1.82, 2.24) is 15.6 Å². The quantitative estimate of drug-likeness (QED) is 0.335. The summed E-state index contributed by atoms with van der Waals surface area (Å²) in [6.45, 7) is 0.831. The summed E-state index contributed by atoms with van der Waals surface area (Å²) >= 11 is 1.62. The molecule has 2 N–H and O–H groups in total. The van der Waals surface area contributed by atoms with Crippen LogP contribution in [0.25, 0.3) is 21.4 Å². The molecule has 4 aromatic rings. The van der Waals surface area contributed by atoms with Gasteiger partial charge in [0.05, 0.1) is 21.7 Å². The lowest BCUT2D eigenvalue weighted by Gasteiger charge is -2.31. The van der Waals surface area contributed by atoms with Crippen molar-refractivity contribution in [2.75, 3.05) is 6.54 Å². The second-order valence-corrected chi connectivity index (χ2v) is 10.4. The largest absolute Gasteiger partial charge is 0.464 e. The molecule has 2 aliphatic rings. The normalized spacial score (nSPS) is 18.9. The Labute approximate surface area is 207 Å². The van der Waals surface area contributed by atoms with Crippen molar-refractivity contribution in [2.24, 2.45) is 0 Å². The second-order valence-electron chi connectivity index (χ2n) is 9.38. The van der Waals surface area contributed by atoms with Gasteiger partial charge in [0, 0.05) is 17.3 Å². The van der Waals surface area contributed by atoms with Gasteiger partial charge in [0.25, 0.3) is 5.91 Å². The van der Waals surface area contributed by atoms with E-state index in [0.717, 1.165) is 59.5 Å². The van der Waals surface area contributed by atoms with Gasteiger partial charge in [-0.05, 0) is 56.0 Å². The van der Waals surface area contributed by atoms with Gasteiger partial charge in [-0.1, -0.05) is 42.8 Å². The van der Waals surface area contributed by atoms with Crippen LogP contribution in [0.4, 0.5) is 0 Å². The Morgan fingerprint density at radius 1 is 1.03 bits per heavy atom. The number of nitrogens with zero attached hydrogens (tertiary/aromatic N) is 1. The fourth-order valence-electron chi connectivity index (χ4n) is 4.86. The van der Waals surface area contributed by atoms with Gasteiger partial charge in [-0.2, -0.15) is 0 Å². The number of hydrogen-bond donors (Lipinski definition) is 2. The Morgan fingerprint density at radius 3 is 2.66 bits per heavy atom. The zero-order valence-electron chi connectivity index (χ0n) is 19.3. The molecule has 178 valence electrons. The molecule has 2 aromatic carbocycles. The standard InChI is InChI=1S/C28H27N3O3S/c32-25(24-26(17-7-2-1-3-8-17)35-28(31-24)18-12-13-18)23(21-10-4-5-15-29-21)30-27(33)20-9-6-11-22-19(20)14-16-34-22/h1-3,6-9,11,14,16,18,21,23,29H,4-5,10,12-13,15H2,(H,30,33)/t21?,23-/m0/s1. The van der Waals surface area contributed by atoms with Crippen LogP contribution in [0.5, 0.6) is 0 Å². The monoisotopic (exact) mass is 485 g/mol. The molecule has 35 heavy (non-hydrogen) atoms. The smallest absolute Gasteiger partial charge is 0.252 e. The van der Waals surface area contributed by atoms with E-state index in [2.05, 4.69) is 10.6 Å². The SMILES string of the molecule is O=C(N[C@H](C(=O)c1nc(C2CC2)sc1-c1ccccc1)C1CCCCN1)c1cccc2occc12. The number of aromatic nitrogens is 1. The van der Waals surface area contributed by atoms with E-state index >= 15 is 0 Å². The summed E-state index contributed by atoms with van der Waals surface area (Å²) in [6.07, 6.45) is 6.73. The van der Waals surface area contributed by atoms with Gasteiger partial charge >= 0.3 is 0 Å². The van der Waals surface area contributed by atoms with Crippen molar-refractivity contribution >= 4 is 34.0 Å². The van der Waals surface area contributed by atoms with E-state index in [1.807, 2.05) is 36.4 Å². The summed E-state index contributed by atoms with van der Waals surface area (Å²) < 4.78 is 5.47. The van der Waals surface area contributed by atoms with E-state index in [9.17, 15) is 9.59 Å². The van der Waals surface area contributed by atoms with Gasteiger partial charge in [-0.15, -0.1) is 11.3 Å².